The van der Waals surface area contributed by atoms with Gasteiger partial charge in [-0.25, -0.2) is 0 Å². The molecule has 0 saturated heterocycles. The molecular formula is KNb3O9Pb. The standard InChI is InChI=1S/K.3Nb.9O.Pb/q+1;;;;;;;;;;3*-1;+2. The van der Waals surface area contributed by atoms with Crippen LogP contribution in [0.1, 0.15) is 0 Å². The SMILES string of the molecule is [K+].[O]=[Nb](=[O])[O-].[O]=[Nb](=[O])[O-].[O]=[Nb](=[O])[O-].[Pb+2]. The van der Waals surface area contributed by atoms with E-state index in [1.54, 1.807) is 0 Å². The van der Waals surface area contributed by atoms with E-state index in [0.717, 1.165) is 0 Å². The normalized spacial score (nSPS) is 5.36. The molecule has 0 aromatic rings. The molecular weight excluding hydrogens is 669 g/mol. The van der Waals surface area contributed by atoms with Crippen molar-refractivity contribution in [3.63, 3.8) is 0 Å². The molecule has 0 amide bonds. The van der Waals surface area contributed by atoms with Gasteiger partial charge in [0.2, 0.25) is 0 Å². The van der Waals surface area contributed by atoms with Gasteiger partial charge in [-0.1, -0.05) is 0 Å². The van der Waals surface area contributed by atoms with E-state index in [1.807, 2.05) is 0 Å². The second-order valence-corrected chi connectivity index (χ2v) is 3.97. The summed E-state index contributed by atoms with van der Waals surface area (Å²) in [7, 11) is 0. The molecule has 0 atom stereocenters. The molecule has 2 radical (unpaired) electrons. The maximum Gasteiger partial charge on any atom is 2.00 e. The topological polar surface area (TPSA) is 172 Å². The van der Waals surface area contributed by atoms with Crippen molar-refractivity contribution < 1.29 is 138 Å². The molecule has 14 heavy (non-hydrogen) atoms. The van der Waals surface area contributed by atoms with Crippen molar-refractivity contribution >= 4 is 27.3 Å². The molecule has 0 spiro atoms. The average molecular weight is 669 g/mol. The first-order valence-corrected chi connectivity index (χ1v) is 9.72. The van der Waals surface area contributed by atoms with Crippen molar-refractivity contribution in [3.8, 4) is 0 Å². The third kappa shape index (κ3) is 270. The minimum atomic E-state index is -4.20. The summed E-state index contributed by atoms with van der Waals surface area (Å²) in [5, 5.41) is 0. The van der Waals surface area contributed by atoms with Gasteiger partial charge in [-0.2, -0.15) is 0 Å². The fourth-order valence-electron chi connectivity index (χ4n) is 0. The Morgan fingerprint density at radius 3 is 0.571 bits per heavy atom. The summed E-state index contributed by atoms with van der Waals surface area (Å²) in [6, 6.07) is 0. The summed E-state index contributed by atoms with van der Waals surface area (Å²) < 4.78 is 77.4. The smallest absolute Gasteiger partial charge is 2.00 e. The van der Waals surface area contributed by atoms with Crippen LogP contribution < -0.4 is 62.2 Å². The van der Waals surface area contributed by atoms with E-state index in [-0.39, 0.29) is 78.7 Å². The molecule has 0 aromatic carbocycles. The molecule has 0 aliphatic heterocycles. The largest absolute Gasteiger partial charge is 2.00 e. The molecule has 0 fully saturated rings. The minimum Gasteiger partial charge on any atom is 2.00 e. The van der Waals surface area contributed by atoms with E-state index in [2.05, 4.69) is 0 Å². The maximum atomic E-state index is 8.60. The van der Waals surface area contributed by atoms with E-state index in [4.69, 9.17) is 30.3 Å². The Morgan fingerprint density at radius 2 is 0.571 bits per heavy atom. The van der Waals surface area contributed by atoms with Crippen LogP contribution in [0.15, 0.2) is 0 Å². The zero-order valence-corrected chi connectivity index (χ0v) is 20.1. The molecule has 74 valence electrons. The van der Waals surface area contributed by atoms with Crippen LogP contribution in [-0.4, -0.2) is 27.3 Å². The van der Waals surface area contributed by atoms with Crippen molar-refractivity contribution in [2.45, 2.75) is 0 Å². The van der Waals surface area contributed by atoms with Crippen molar-refractivity contribution in [2.24, 2.45) is 0 Å². The zero-order chi connectivity index (χ0) is 10.7. The third-order valence-electron chi connectivity index (χ3n) is 0. The van der Waals surface area contributed by atoms with Gasteiger partial charge in [0.1, 0.15) is 0 Å². The average Bonchev–Trinajstić information content (AvgIpc) is 1.54. The van der Waals surface area contributed by atoms with Gasteiger partial charge < -0.3 is 0 Å². The molecule has 0 rings (SSSR count). The van der Waals surface area contributed by atoms with Gasteiger partial charge in [0.25, 0.3) is 0 Å². The first kappa shape index (κ1) is 30.5. The van der Waals surface area contributed by atoms with Crippen LogP contribution >= 0.6 is 0 Å². The Hall–Kier alpha value is 3.46. The predicted molar refractivity (Wildman–Crippen MR) is 9.87 cm³/mol. The van der Waals surface area contributed by atoms with Gasteiger partial charge in [0, 0.05) is 0 Å². The fourth-order valence-corrected chi connectivity index (χ4v) is 0. The molecule has 0 aliphatic carbocycles. The minimum absolute atomic E-state index is 0. The Labute approximate surface area is 161 Å². The van der Waals surface area contributed by atoms with E-state index in [0.29, 0.717) is 0 Å². The first-order chi connectivity index (χ1) is 5.20. The molecule has 0 unspecified atom stereocenters. The zero-order valence-electron chi connectivity index (χ0n) is 6.52. The number of hydrogen-bond acceptors (Lipinski definition) is 9. The first-order valence-electron chi connectivity index (χ1n) is 1.64. The summed E-state index contributed by atoms with van der Waals surface area (Å²) >= 11 is -12.6. The van der Waals surface area contributed by atoms with Crippen molar-refractivity contribution in [1.82, 2.24) is 0 Å². The van der Waals surface area contributed by atoms with Gasteiger partial charge in [-0.3, -0.25) is 0 Å². The molecule has 0 bridgehead atoms. The summed E-state index contributed by atoms with van der Waals surface area (Å²) in [5.41, 5.74) is 0. The van der Waals surface area contributed by atoms with Crippen LogP contribution in [0.4, 0.5) is 0 Å². The van der Waals surface area contributed by atoms with Gasteiger partial charge in [0.05, 0.1) is 0 Å². The van der Waals surface area contributed by atoms with E-state index < -0.39 is 56.4 Å². The molecule has 0 aromatic heterocycles. The van der Waals surface area contributed by atoms with Crippen LogP contribution in [0, 0.1) is 0 Å². The van der Waals surface area contributed by atoms with Crippen molar-refractivity contribution in [3.05, 3.63) is 0 Å². The van der Waals surface area contributed by atoms with Crippen LogP contribution in [-0.2, 0) is 75.9 Å². The summed E-state index contributed by atoms with van der Waals surface area (Å²) in [6.45, 7) is 0. The van der Waals surface area contributed by atoms with E-state index in [1.165, 1.54) is 0 Å². The van der Waals surface area contributed by atoms with Crippen molar-refractivity contribution in [1.29, 1.82) is 0 Å². The summed E-state index contributed by atoms with van der Waals surface area (Å²) in [6.07, 6.45) is 0. The predicted octanol–water partition coefficient (Wildman–Crippen LogP) is -7.66. The van der Waals surface area contributed by atoms with Gasteiger partial charge in [-0.05, 0) is 0 Å². The van der Waals surface area contributed by atoms with Gasteiger partial charge in [-0.15, -0.1) is 0 Å². The molecule has 0 saturated carbocycles. The Morgan fingerprint density at radius 1 is 0.571 bits per heavy atom. The van der Waals surface area contributed by atoms with Gasteiger partial charge in [0.15, 0.2) is 0 Å². The molecule has 0 aliphatic rings. The second-order valence-electron chi connectivity index (χ2n) is 0.671. The monoisotopic (exact) mass is 670 g/mol. The molecule has 14 heteroatoms. The molecule has 0 heterocycles. The van der Waals surface area contributed by atoms with E-state index in [9.17, 15) is 0 Å². The van der Waals surface area contributed by atoms with Gasteiger partial charge >= 0.3 is 165 Å². The van der Waals surface area contributed by atoms with E-state index >= 15 is 0 Å². The number of rotatable bonds is 0. The van der Waals surface area contributed by atoms with Crippen LogP contribution in [0.25, 0.3) is 0 Å². The Bertz CT molecular complexity index is 213. The summed E-state index contributed by atoms with van der Waals surface area (Å²) in [5.74, 6) is 0. The molecule has 0 N–H and O–H groups in total. The molecule has 9 nitrogen and oxygen atoms in total. The number of hydrogen-bond donors (Lipinski definition) is 0. The maximum absolute atomic E-state index is 8.60. The second kappa shape index (κ2) is 25.3. The quantitative estimate of drug-likeness (QED) is 0.228. The van der Waals surface area contributed by atoms with Crippen LogP contribution in [0.5, 0.6) is 0 Å². The van der Waals surface area contributed by atoms with Crippen LogP contribution in [0.2, 0.25) is 0 Å². The van der Waals surface area contributed by atoms with Crippen molar-refractivity contribution in [2.75, 3.05) is 0 Å². The summed E-state index contributed by atoms with van der Waals surface area (Å²) in [4.78, 5) is 0. The Kier molecular flexibility index (Phi) is 55.1. The third-order valence-corrected chi connectivity index (χ3v) is 0. The fraction of sp³-hybridized carbons (Fsp3) is 0. The Balaban J connectivity index is -0.0000000270. The van der Waals surface area contributed by atoms with Crippen LogP contribution in [0.3, 0.4) is 0 Å².